The molecule has 1 heterocycles. The summed E-state index contributed by atoms with van der Waals surface area (Å²) in [5.74, 6) is 0.340. The van der Waals surface area contributed by atoms with Crippen LogP contribution in [0.3, 0.4) is 0 Å². The Morgan fingerprint density at radius 2 is 2.00 bits per heavy atom. The van der Waals surface area contributed by atoms with Gasteiger partial charge in [-0.1, -0.05) is 19.1 Å². The van der Waals surface area contributed by atoms with Crippen LogP contribution in [-0.2, 0) is 11.3 Å². The highest BCUT2D eigenvalue weighted by Gasteiger charge is 2.17. The number of aromatic hydroxyl groups is 1. The Morgan fingerprint density at radius 3 is 2.74 bits per heavy atom. The molecule has 0 saturated carbocycles. The number of nitrogens with zero attached hydrogens (tertiary/aromatic N) is 1. The molecule has 3 heteroatoms. The molecule has 1 saturated heterocycles. The zero-order chi connectivity index (χ0) is 13.5. The van der Waals surface area contributed by atoms with E-state index >= 15 is 0 Å². The maximum absolute atomic E-state index is 9.29. The molecule has 1 aliphatic heterocycles. The van der Waals surface area contributed by atoms with E-state index < -0.39 is 0 Å². The molecule has 0 radical (unpaired) electrons. The van der Waals surface area contributed by atoms with E-state index in [9.17, 15) is 5.11 Å². The van der Waals surface area contributed by atoms with Crippen LogP contribution in [0, 0.1) is 0 Å². The monoisotopic (exact) mass is 263 g/mol. The molecule has 0 amide bonds. The summed E-state index contributed by atoms with van der Waals surface area (Å²) in [6.45, 7) is 6.28. The van der Waals surface area contributed by atoms with Gasteiger partial charge in [0, 0.05) is 19.7 Å². The normalized spacial score (nSPS) is 21.2. The number of hydrogen-bond donors (Lipinski definition) is 1. The van der Waals surface area contributed by atoms with Crippen molar-refractivity contribution in [3.05, 3.63) is 29.8 Å². The molecule has 1 aliphatic rings. The van der Waals surface area contributed by atoms with E-state index in [0.29, 0.717) is 11.9 Å². The predicted octanol–water partition coefficient (Wildman–Crippen LogP) is 3.17. The van der Waals surface area contributed by atoms with Gasteiger partial charge in [0.15, 0.2) is 0 Å². The van der Waals surface area contributed by atoms with Crippen LogP contribution in [0.15, 0.2) is 24.3 Å². The highest BCUT2D eigenvalue weighted by Crippen LogP contribution is 2.17. The average molecular weight is 263 g/mol. The summed E-state index contributed by atoms with van der Waals surface area (Å²) >= 11 is 0. The van der Waals surface area contributed by atoms with Crippen LogP contribution in [0.25, 0.3) is 0 Å². The smallest absolute Gasteiger partial charge is 0.115 e. The SMILES string of the molecule is CCCOC1CCCN(Cc2ccc(O)cc2)CC1. The summed E-state index contributed by atoms with van der Waals surface area (Å²) in [6.07, 6.45) is 5.09. The molecular formula is C16H25NO2. The third-order valence-electron chi connectivity index (χ3n) is 3.67. The van der Waals surface area contributed by atoms with Gasteiger partial charge in [-0.05, 0) is 49.9 Å². The first-order valence-corrected chi connectivity index (χ1v) is 7.40. The minimum atomic E-state index is 0.340. The van der Waals surface area contributed by atoms with Crippen molar-refractivity contribution in [3.63, 3.8) is 0 Å². The number of ether oxygens (including phenoxy) is 1. The fraction of sp³-hybridized carbons (Fsp3) is 0.625. The highest BCUT2D eigenvalue weighted by molar-refractivity contribution is 5.25. The Morgan fingerprint density at radius 1 is 1.21 bits per heavy atom. The molecule has 0 spiro atoms. The Balaban J connectivity index is 1.80. The Bertz CT molecular complexity index is 364. The van der Waals surface area contributed by atoms with Gasteiger partial charge in [0.1, 0.15) is 5.75 Å². The lowest BCUT2D eigenvalue weighted by Gasteiger charge is -2.20. The second-order valence-electron chi connectivity index (χ2n) is 5.37. The van der Waals surface area contributed by atoms with E-state index in [2.05, 4.69) is 11.8 Å². The van der Waals surface area contributed by atoms with Crippen molar-refractivity contribution in [1.29, 1.82) is 0 Å². The quantitative estimate of drug-likeness (QED) is 0.885. The highest BCUT2D eigenvalue weighted by atomic mass is 16.5. The minimum absolute atomic E-state index is 0.340. The van der Waals surface area contributed by atoms with Crippen LogP contribution in [0.2, 0.25) is 0 Å². The van der Waals surface area contributed by atoms with Crippen molar-refractivity contribution >= 4 is 0 Å². The van der Waals surface area contributed by atoms with E-state index in [-0.39, 0.29) is 0 Å². The second kappa shape index (κ2) is 7.51. The zero-order valence-corrected chi connectivity index (χ0v) is 11.8. The first-order chi connectivity index (χ1) is 9.28. The molecule has 1 N–H and O–H groups in total. The van der Waals surface area contributed by atoms with E-state index in [1.807, 2.05) is 12.1 Å². The number of rotatable bonds is 5. The zero-order valence-electron chi connectivity index (χ0n) is 11.8. The Hall–Kier alpha value is -1.06. The fourth-order valence-corrected chi connectivity index (χ4v) is 2.59. The van der Waals surface area contributed by atoms with Gasteiger partial charge in [-0.2, -0.15) is 0 Å². The van der Waals surface area contributed by atoms with Gasteiger partial charge >= 0.3 is 0 Å². The molecule has 106 valence electrons. The Labute approximate surface area is 116 Å². The van der Waals surface area contributed by atoms with Crippen LogP contribution in [0.1, 0.15) is 38.2 Å². The molecule has 1 aromatic carbocycles. The van der Waals surface area contributed by atoms with Crippen LogP contribution in [0.5, 0.6) is 5.75 Å². The third-order valence-corrected chi connectivity index (χ3v) is 3.67. The molecule has 19 heavy (non-hydrogen) atoms. The molecule has 1 atom stereocenters. The summed E-state index contributed by atoms with van der Waals surface area (Å²) in [4.78, 5) is 2.49. The number of hydrogen-bond acceptors (Lipinski definition) is 3. The maximum Gasteiger partial charge on any atom is 0.115 e. The van der Waals surface area contributed by atoms with Crippen molar-refractivity contribution in [2.75, 3.05) is 19.7 Å². The van der Waals surface area contributed by atoms with E-state index in [1.54, 1.807) is 12.1 Å². The lowest BCUT2D eigenvalue weighted by atomic mass is 10.1. The van der Waals surface area contributed by atoms with Crippen molar-refractivity contribution < 1.29 is 9.84 Å². The average Bonchev–Trinajstić information content (AvgIpc) is 2.64. The van der Waals surface area contributed by atoms with Crippen LogP contribution in [0.4, 0.5) is 0 Å². The molecule has 1 aromatic rings. The van der Waals surface area contributed by atoms with Crippen molar-refractivity contribution in [1.82, 2.24) is 4.90 Å². The van der Waals surface area contributed by atoms with E-state index in [4.69, 9.17) is 4.74 Å². The standard InChI is InChI=1S/C16H25NO2/c1-2-12-19-16-4-3-10-17(11-9-16)13-14-5-7-15(18)8-6-14/h5-8,16,18H,2-4,9-13H2,1H3. The largest absolute Gasteiger partial charge is 0.508 e. The van der Waals surface area contributed by atoms with Gasteiger partial charge in [-0.15, -0.1) is 0 Å². The lowest BCUT2D eigenvalue weighted by Crippen LogP contribution is -2.25. The molecule has 0 aliphatic carbocycles. The van der Waals surface area contributed by atoms with Crippen molar-refractivity contribution in [2.45, 2.75) is 45.3 Å². The molecule has 1 fully saturated rings. The van der Waals surface area contributed by atoms with Crippen molar-refractivity contribution in [3.8, 4) is 5.75 Å². The molecule has 0 aromatic heterocycles. The van der Waals surface area contributed by atoms with E-state index in [1.165, 1.54) is 18.4 Å². The van der Waals surface area contributed by atoms with Crippen molar-refractivity contribution in [2.24, 2.45) is 0 Å². The summed E-state index contributed by atoms with van der Waals surface area (Å²) in [7, 11) is 0. The van der Waals surface area contributed by atoms with Crippen LogP contribution >= 0.6 is 0 Å². The van der Waals surface area contributed by atoms with Gasteiger partial charge < -0.3 is 9.84 Å². The van der Waals surface area contributed by atoms with Gasteiger partial charge in [-0.3, -0.25) is 4.90 Å². The molecule has 2 rings (SSSR count). The summed E-state index contributed by atoms with van der Waals surface area (Å²) in [5, 5.41) is 9.29. The van der Waals surface area contributed by atoms with Gasteiger partial charge in [0.2, 0.25) is 0 Å². The Kier molecular flexibility index (Phi) is 5.67. The van der Waals surface area contributed by atoms with E-state index in [0.717, 1.165) is 39.1 Å². The van der Waals surface area contributed by atoms with Gasteiger partial charge in [0.05, 0.1) is 6.10 Å². The minimum Gasteiger partial charge on any atom is -0.508 e. The summed E-state index contributed by atoms with van der Waals surface area (Å²) < 4.78 is 5.87. The molecule has 3 nitrogen and oxygen atoms in total. The van der Waals surface area contributed by atoms with Gasteiger partial charge in [0.25, 0.3) is 0 Å². The number of phenolic OH excluding ortho intramolecular Hbond substituents is 1. The first-order valence-electron chi connectivity index (χ1n) is 7.40. The second-order valence-corrected chi connectivity index (χ2v) is 5.37. The summed E-state index contributed by atoms with van der Waals surface area (Å²) in [5.41, 5.74) is 1.27. The maximum atomic E-state index is 9.29. The van der Waals surface area contributed by atoms with Crippen LogP contribution in [-0.4, -0.2) is 35.8 Å². The number of phenols is 1. The molecule has 1 unspecified atom stereocenters. The summed E-state index contributed by atoms with van der Waals surface area (Å²) in [6, 6.07) is 7.54. The third kappa shape index (κ3) is 4.84. The topological polar surface area (TPSA) is 32.7 Å². The first kappa shape index (κ1) is 14.4. The number of likely N-dealkylation sites (tertiary alicyclic amines) is 1. The van der Waals surface area contributed by atoms with Gasteiger partial charge in [-0.25, -0.2) is 0 Å². The predicted molar refractivity (Wildman–Crippen MR) is 77.3 cm³/mol. The number of benzene rings is 1. The fourth-order valence-electron chi connectivity index (χ4n) is 2.59. The molecular weight excluding hydrogens is 238 g/mol. The van der Waals surface area contributed by atoms with Crippen LogP contribution < -0.4 is 0 Å². The molecule has 0 bridgehead atoms. The lowest BCUT2D eigenvalue weighted by molar-refractivity contribution is 0.0437.